The van der Waals surface area contributed by atoms with Gasteiger partial charge in [-0.3, -0.25) is 4.79 Å². The van der Waals surface area contributed by atoms with Crippen molar-refractivity contribution < 1.29 is 14.3 Å². The van der Waals surface area contributed by atoms with Crippen LogP contribution in [0.15, 0.2) is 48.5 Å². The number of carbonyl (C=O) groups excluding carboxylic acids is 1. The number of amides is 1. The van der Waals surface area contributed by atoms with Crippen molar-refractivity contribution in [3.63, 3.8) is 0 Å². The van der Waals surface area contributed by atoms with E-state index >= 15 is 0 Å². The Kier molecular flexibility index (Phi) is 5.59. The molecule has 23 heavy (non-hydrogen) atoms. The molecule has 0 saturated carbocycles. The van der Waals surface area contributed by atoms with Gasteiger partial charge in [0.15, 0.2) is 0 Å². The monoisotopic (exact) mass is 310 g/mol. The highest BCUT2D eigenvalue weighted by atomic mass is 16.5. The van der Waals surface area contributed by atoms with Gasteiger partial charge in [0.2, 0.25) is 5.91 Å². The largest absolute Gasteiger partial charge is 0.497 e. The van der Waals surface area contributed by atoms with E-state index in [0.717, 1.165) is 11.3 Å². The van der Waals surface area contributed by atoms with Crippen molar-refractivity contribution in [3.05, 3.63) is 54.1 Å². The Balaban J connectivity index is 2.07. The van der Waals surface area contributed by atoms with Gasteiger partial charge in [-0.25, -0.2) is 0 Å². The molecule has 5 nitrogen and oxygen atoms in total. The zero-order chi connectivity index (χ0) is 16.7. The minimum Gasteiger partial charge on any atom is -0.497 e. The number of methoxy groups -OCH3 is 2. The average Bonchev–Trinajstić information content (AvgIpc) is 2.60. The molecule has 0 saturated heterocycles. The van der Waals surface area contributed by atoms with Crippen molar-refractivity contribution in [2.24, 2.45) is 5.92 Å². The van der Waals surface area contributed by atoms with Gasteiger partial charge in [-0.1, -0.05) is 24.3 Å². The lowest BCUT2D eigenvalue weighted by molar-refractivity contribution is -0.118. The summed E-state index contributed by atoms with van der Waals surface area (Å²) in [6, 6.07) is 16.5. The Morgan fingerprint density at radius 2 is 1.83 bits per heavy atom. The van der Waals surface area contributed by atoms with Crippen LogP contribution in [0, 0.1) is 17.2 Å². The summed E-state index contributed by atoms with van der Waals surface area (Å²) in [5, 5.41) is 12.0. The van der Waals surface area contributed by atoms with Crippen molar-refractivity contribution in [1.29, 1.82) is 5.26 Å². The SMILES string of the molecule is COc1ccc(C[C@H](C#N)C(=O)Nc2ccccc2OC)cc1. The highest BCUT2D eigenvalue weighted by Crippen LogP contribution is 2.24. The average molecular weight is 310 g/mol. The molecule has 2 aromatic carbocycles. The summed E-state index contributed by atoms with van der Waals surface area (Å²) in [7, 11) is 3.12. The zero-order valence-corrected chi connectivity index (χ0v) is 13.1. The number of benzene rings is 2. The molecule has 0 aliphatic heterocycles. The number of ether oxygens (including phenoxy) is 2. The van der Waals surface area contributed by atoms with Gasteiger partial charge < -0.3 is 14.8 Å². The van der Waals surface area contributed by atoms with E-state index in [1.165, 1.54) is 7.11 Å². The Morgan fingerprint density at radius 1 is 1.13 bits per heavy atom. The molecule has 1 N–H and O–H groups in total. The van der Waals surface area contributed by atoms with Crippen molar-refractivity contribution >= 4 is 11.6 Å². The fourth-order valence-corrected chi connectivity index (χ4v) is 2.16. The second-order valence-electron chi connectivity index (χ2n) is 4.92. The van der Waals surface area contributed by atoms with Gasteiger partial charge in [-0.15, -0.1) is 0 Å². The van der Waals surface area contributed by atoms with Crippen LogP contribution in [0.4, 0.5) is 5.69 Å². The van der Waals surface area contributed by atoms with Crippen LogP contribution in [0.5, 0.6) is 11.5 Å². The van der Waals surface area contributed by atoms with Gasteiger partial charge in [0, 0.05) is 0 Å². The number of nitrogens with zero attached hydrogens (tertiary/aromatic N) is 1. The van der Waals surface area contributed by atoms with E-state index < -0.39 is 5.92 Å². The summed E-state index contributed by atoms with van der Waals surface area (Å²) < 4.78 is 10.3. The molecule has 118 valence electrons. The molecule has 0 spiro atoms. The quantitative estimate of drug-likeness (QED) is 0.890. The summed E-state index contributed by atoms with van der Waals surface area (Å²) >= 11 is 0. The molecule has 0 unspecified atom stereocenters. The van der Waals surface area contributed by atoms with E-state index in [1.54, 1.807) is 25.3 Å². The number of para-hydroxylation sites is 2. The number of carbonyl (C=O) groups is 1. The van der Waals surface area contributed by atoms with Crippen LogP contribution in [0.2, 0.25) is 0 Å². The van der Waals surface area contributed by atoms with Gasteiger partial charge in [-0.2, -0.15) is 5.26 Å². The molecular formula is C18H18N2O3. The van der Waals surface area contributed by atoms with Gasteiger partial charge in [0.05, 0.1) is 26.0 Å². The molecule has 0 heterocycles. The molecule has 5 heteroatoms. The summed E-state index contributed by atoms with van der Waals surface area (Å²) in [5.74, 6) is 0.156. The molecule has 1 amide bonds. The third-order valence-corrected chi connectivity index (χ3v) is 3.44. The number of rotatable bonds is 6. The third-order valence-electron chi connectivity index (χ3n) is 3.44. The lowest BCUT2D eigenvalue weighted by Crippen LogP contribution is -2.23. The fraction of sp³-hybridized carbons (Fsp3) is 0.222. The third kappa shape index (κ3) is 4.24. The summed E-state index contributed by atoms with van der Waals surface area (Å²) in [6.07, 6.45) is 0.335. The lowest BCUT2D eigenvalue weighted by atomic mass is 9.99. The van der Waals surface area contributed by atoms with E-state index in [1.807, 2.05) is 30.3 Å². The lowest BCUT2D eigenvalue weighted by Gasteiger charge is -2.13. The first-order chi connectivity index (χ1) is 11.2. The van der Waals surface area contributed by atoms with Crippen molar-refractivity contribution in [2.75, 3.05) is 19.5 Å². The van der Waals surface area contributed by atoms with Crippen LogP contribution in [-0.4, -0.2) is 20.1 Å². The number of hydrogen-bond donors (Lipinski definition) is 1. The zero-order valence-electron chi connectivity index (χ0n) is 13.1. The summed E-state index contributed by atoms with van der Waals surface area (Å²) in [4.78, 5) is 12.3. The summed E-state index contributed by atoms with van der Waals surface area (Å²) in [6.45, 7) is 0. The van der Waals surface area contributed by atoms with Crippen LogP contribution >= 0.6 is 0 Å². The number of hydrogen-bond acceptors (Lipinski definition) is 4. The molecule has 0 fully saturated rings. The maximum absolute atomic E-state index is 12.3. The first kappa shape index (κ1) is 16.4. The molecule has 0 radical (unpaired) electrons. The van der Waals surface area contributed by atoms with Crippen LogP contribution < -0.4 is 14.8 Å². The predicted molar refractivity (Wildman–Crippen MR) is 87.4 cm³/mol. The van der Waals surface area contributed by atoms with E-state index in [2.05, 4.69) is 11.4 Å². The molecular weight excluding hydrogens is 292 g/mol. The van der Waals surface area contributed by atoms with E-state index in [-0.39, 0.29) is 5.91 Å². The van der Waals surface area contributed by atoms with Crippen LogP contribution in [0.1, 0.15) is 5.56 Å². The van der Waals surface area contributed by atoms with Gasteiger partial charge in [0.25, 0.3) is 0 Å². The molecule has 2 rings (SSSR count). The molecule has 0 aliphatic carbocycles. The molecule has 0 aliphatic rings. The Morgan fingerprint density at radius 3 is 2.43 bits per heavy atom. The number of anilines is 1. The van der Waals surface area contributed by atoms with Crippen molar-refractivity contribution in [1.82, 2.24) is 0 Å². The Labute approximate surface area is 135 Å². The van der Waals surface area contributed by atoms with E-state index in [0.29, 0.717) is 17.9 Å². The van der Waals surface area contributed by atoms with Crippen molar-refractivity contribution in [2.45, 2.75) is 6.42 Å². The van der Waals surface area contributed by atoms with Crippen LogP contribution in [0.25, 0.3) is 0 Å². The van der Waals surface area contributed by atoms with E-state index in [4.69, 9.17) is 9.47 Å². The highest BCUT2D eigenvalue weighted by Gasteiger charge is 2.19. The second-order valence-corrected chi connectivity index (χ2v) is 4.92. The Hall–Kier alpha value is -3.00. The first-order valence-electron chi connectivity index (χ1n) is 7.14. The van der Waals surface area contributed by atoms with Gasteiger partial charge >= 0.3 is 0 Å². The molecule has 2 aromatic rings. The molecule has 1 atom stereocenters. The van der Waals surface area contributed by atoms with Crippen molar-refractivity contribution in [3.8, 4) is 17.6 Å². The minimum absolute atomic E-state index is 0.335. The molecule has 0 aromatic heterocycles. The first-order valence-corrected chi connectivity index (χ1v) is 7.14. The van der Waals surface area contributed by atoms with Crippen LogP contribution in [0.3, 0.4) is 0 Å². The number of nitrogens with one attached hydrogen (secondary N) is 1. The topological polar surface area (TPSA) is 71.3 Å². The maximum atomic E-state index is 12.3. The smallest absolute Gasteiger partial charge is 0.242 e. The van der Waals surface area contributed by atoms with E-state index in [9.17, 15) is 10.1 Å². The standard InChI is InChI=1S/C18H18N2O3/c1-22-15-9-7-13(8-10-15)11-14(12-19)18(21)20-16-5-3-4-6-17(16)23-2/h3-10,14H,11H2,1-2H3,(H,20,21)/t14-/m1/s1. The Bertz CT molecular complexity index is 705. The minimum atomic E-state index is -0.784. The van der Waals surface area contributed by atoms with Crippen LogP contribution in [-0.2, 0) is 11.2 Å². The number of nitriles is 1. The molecule has 0 bridgehead atoms. The van der Waals surface area contributed by atoms with Gasteiger partial charge in [-0.05, 0) is 36.2 Å². The summed E-state index contributed by atoms with van der Waals surface area (Å²) in [5.41, 5.74) is 1.45. The van der Waals surface area contributed by atoms with Gasteiger partial charge in [0.1, 0.15) is 17.4 Å². The highest BCUT2D eigenvalue weighted by molar-refractivity contribution is 5.95. The normalized spacial score (nSPS) is 11.2. The second kappa shape index (κ2) is 7.85. The fourth-order valence-electron chi connectivity index (χ4n) is 2.16. The predicted octanol–water partition coefficient (Wildman–Crippen LogP) is 3.02. The maximum Gasteiger partial charge on any atom is 0.242 e.